The van der Waals surface area contributed by atoms with Gasteiger partial charge >= 0.3 is 6.18 Å². The van der Waals surface area contributed by atoms with E-state index in [2.05, 4.69) is 10.2 Å². The number of piperidine rings is 1. The zero-order valence-corrected chi connectivity index (χ0v) is 16.6. The molecule has 0 radical (unpaired) electrons. The summed E-state index contributed by atoms with van der Waals surface area (Å²) >= 11 is 0. The highest BCUT2D eigenvalue weighted by Crippen LogP contribution is 2.30. The Kier molecular flexibility index (Phi) is 5.37. The minimum Gasteiger partial charge on any atom is -0.357 e. The van der Waals surface area contributed by atoms with E-state index in [1.807, 2.05) is 25.1 Å². The van der Waals surface area contributed by atoms with Crippen LogP contribution in [-0.2, 0) is 6.18 Å². The van der Waals surface area contributed by atoms with E-state index in [-0.39, 0.29) is 5.56 Å². The number of benzene rings is 2. The summed E-state index contributed by atoms with van der Waals surface area (Å²) in [5.41, 5.74) is 1.49. The molecule has 3 aromatic rings. The molecule has 1 aliphatic rings. The standard InChI is InChI=1S/C23H22F3N3O/c1-15-12-21(29-10-3-2-4-11-29)28-20-9-8-18(14-19(15)20)27-22(30)16-6-5-7-17(13-16)23(24,25)26/h5-9,12-14H,2-4,10-11H2,1H3,(H,27,30). The summed E-state index contributed by atoms with van der Waals surface area (Å²) in [5.74, 6) is 0.372. The number of carbonyl (C=O) groups is 1. The second kappa shape index (κ2) is 7.97. The first-order valence-corrected chi connectivity index (χ1v) is 9.96. The molecule has 1 amide bonds. The van der Waals surface area contributed by atoms with Crippen LogP contribution in [-0.4, -0.2) is 24.0 Å². The third-order valence-electron chi connectivity index (χ3n) is 5.39. The van der Waals surface area contributed by atoms with E-state index >= 15 is 0 Å². The third kappa shape index (κ3) is 4.25. The van der Waals surface area contributed by atoms with Crippen LogP contribution in [0.15, 0.2) is 48.5 Å². The number of hydrogen-bond acceptors (Lipinski definition) is 3. The molecule has 0 saturated carbocycles. The highest BCUT2D eigenvalue weighted by molar-refractivity contribution is 6.05. The van der Waals surface area contributed by atoms with Crippen molar-refractivity contribution >= 4 is 28.3 Å². The Morgan fingerprint density at radius 1 is 1.03 bits per heavy atom. The van der Waals surface area contributed by atoms with Gasteiger partial charge in [0.15, 0.2) is 0 Å². The second-order valence-electron chi connectivity index (χ2n) is 7.61. The van der Waals surface area contributed by atoms with E-state index < -0.39 is 17.6 Å². The number of carbonyl (C=O) groups excluding carboxylic acids is 1. The summed E-state index contributed by atoms with van der Waals surface area (Å²) in [7, 11) is 0. The van der Waals surface area contributed by atoms with Gasteiger partial charge in [0.05, 0.1) is 11.1 Å². The monoisotopic (exact) mass is 413 g/mol. The molecule has 1 N–H and O–H groups in total. The van der Waals surface area contributed by atoms with Crippen molar-refractivity contribution in [3.05, 3.63) is 65.2 Å². The molecule has 4 nitrogen and oxygen atoms in total. The number of amides is 1. The van der Waals surface area contributed by atoms with Gasteiger partial charge in [0, 0.05) is 29.7 Å². The highest BCUT2D eigenvalue weighted by Gasteiger charge is 2.30. The maximum atomic E-state index is 12.9. The molecule has 1 aliphatic heterocycles. The number of fused-ring (bicyclic) bond motifs is 1. The molecule has 0 aliphatic carbocycles. The number of anilines is 2. The Bertz CT molecular complexity index is 1090. The first kappa shape index (κ1) is 20.2. The summed E-state index contributed by atoms with van der Waals surface area (Å²) in [6, 6.07) is 11.8. The third-order valence-corrected chi connectivity index (χ3v) is 5.39. The van der Waals surface area contributed by atoms with Gasteiger partial charge in [-0.3, -0.25) is 4.79 Å². The molecular formula is C23H22F3N3O. The normalized spacial score (nSPS) is 14.7. The SMILES string of the molecule is Cc1cc(N2CCCCC2)nc2ccc(NC(=O)c3cccc(C(F)(F)F)c3)cc12. The van der Waals surface area contributed by atoms with Gasteiger partial charge in [-0.2, -0.15) is 13.2 Å². The van der Waals surface area contributed by atoms with Crippen molar-refractivity contribution in [1.29, 1.82) is 0 Å². The number of hydrogen-bond donors (Lipinski definition) is 1. The first-order chi connectivity index (χ1) is 14.3. The maximum absolute atomic E-state index is 12.9. The smallest absolute Gasteiger partial charge is 0.357 e. The lowest BCUT2D eigenvalue weighted by molar-refractivity contribution is -0.137. The zero-order valence-electron chi connectivity index (χ0n) is 16.6. The second-order valence-corrected chi connectivity index (χ2v) is 7.61. The number of aryl methyl sites for hydroxylation is 1. The lowest BCUT2D eigenvalue weighted by Gasteiger charge is -2.28. The Morgan fingerprint density at radius 2 is 1.80 bits per heavy atom. The van der Waals surface area contributed by atoms with Gasteiger partial charge in [-0.1, -0.05) is 6.07 Å². The average Bonchev–Trinajstić information content (AvgIpc) is 2.74. The molecule has 2 heterocycles. The number of aromatic nitrogens is 1. The molecule has 0 atom stereocenters. The summed E-state index contributed by atoms with van der Waals surface area (Å²) in [5, 5.41) is 3.59. The summed E-state index contributed by atoms with van der Waals surface area (Å²) in [6.07, 6.45) is -0.912. The van der Waals surface area contributed by atoms with E-state index in [1.165, 1.54) is 31.4 Å². The average molecular weight is 413 g/mol. The van der Waals surface area contributed by atoms with Crippen LogP contribution in [0.4, 0.5) is 24.7 Å². The van der Waals surface area contributed by atoms with Crippen LogP contribution in [0.25, 0.3) is 10.9 Å². The fourth-order valence-corrected chi connectivity index (χ4v) is 3.78. The molecule has 1 aromatic heterocycles. The largest absolute Gasteiger partial charge is 0.416 e. The van der Waals surface area contributed by atoms with E-state index in [0.29, 0.717) is 5.69 Å². The minimum absolute atomic E-state index is 0.0415. The van der Waals surface area contributed by atoms with Crippen molar-refractivity contribution in [2.45, 2.75) is 32.4 Å². The Balaban J connectivity index is 1.58. The first-order valence-electron chi connectivity index (χ1n) is 9.96. The van der Waals surface area contributed by atoms with E-state index in [4.69, 9.17) is 4.98 Å². The van der Waals surface area contributed by atoms with Crippen molar-refractivity contribution in [3.8, 4) is 0 Å². The van der Waals surface area contributed by atoms with Crippen LogP contribution in [0, 0.1) is 6.92 Å². The number of pyridine rings is 1. The zero-order chi connectivity index (χ0) is 21.3. The van der Waals surface area contributed by atoms with Gasteiger partial charge in [0.25, 0.3) is 5.91 Å². The maximum Gasteiger partial charge on any atom is 0.416 e. The number of nitrogens with one attached hydrogen (secondary N) is 1. The molecule has 1 saturated heterocycles. The molecule has 30 heavy (non-hydrogen) atoms. The molecule has 7 heteroatoms. The van der Waals surface area contributed by atoms with Gasteiger partial charge in [0.1, 0.15) is 5.82 Å². The van der Waals surface area contributed by atoms with Gasteiger partial charge in [0.2, 0.25) is 0 Å². The minimum atomic E-state index is -4.49. The molecule has 0 spiro atoms. The lowest BCUT2D eigenvalue weighted by Crippen LogP contribution is -2.30. The van der Waals surface area contributed by atoms with Crippen molar-refractivity contribution in [1.82, 2.24) is 4.98 Å². The lowest BCUT2D eigenvalue weighted by atomic mass is 10.1. The van der Waals surface area contributed by atoms with Crippen molar-refractivity contribution in [2.24, 2.45) is 0 Å². The molecule has 156 valence electrons. The Labute approximate surface area is 172 Å². The van der Waals surface area contributed by atoms with Crippen molar-refractivity contribution < 1.29 is 18.0 Å². The number of nitrogens with zero attached hydrogens (tertiary/aromatic N) is 2. The van der Waals surface area contributed by atoms with Gasteiger partial charge < -0.3 is 10.2 Å². The van der Waals surface area contributed by atoms with E-state index in [9.17, 15) is 18.0 Å². The topological polar surface area (TPSA) is 45.2 Å². The number of rotatable bonds is 3. The summed E-state index contributed by atoms with van der Waals surface area (Å²) in [4.78, 5) is 19.5. The van der Waals surface area contributed by atoms with Gasteiger partial charge in [-0.15, -0.1) is 0 Å². The Morgan fingerprint density at radius 3 is 2.53 bits per heavy atom. The predicted molar refractivity (Wildman–Crippen MR) is 112 cm³/mol. The van der Waals surface area contributed by atoms with Crippen LogP contribution < -0.4 is 10.2 Å². The van der Waals surface area contributed by atoms with Crippen LogP contribution in [0.3, 0.4) is 0 Å². The van der Waals surface area contributed by atoms with E-state index in [0.717, 1.165) is 47.5 Å². The van der Waals surface area contributed by atoms with Crippen LogP contribution >= 0.6 is 0 Å². The van der Waals surface area contributed by atoms with Gasteiger partial charge in [-0.05, 0) is 74.2 Å². The van der Waals surface area contributed by atoms with E-state index in [1.54, 1.807) is 6.07 Å². The van der Waals surface area contributed by atoms with Crippen LogP contribution in [0.1, 0.15) is 40.7 Å². The fraction of sp³-hybridized carbons (Fsp3) is 0.304. The van der Waals surface area contributed by atoms with Crippen LogP contribution in [0.5, 0.6) is 0 Å². The molecular weight excluding hydrogens is 391 g/mol. The molecule has 0 unspecified atom stereocenters. The predicted octanol–water partition coefficient (Wildman–Crippen LogP) is 5.80. The summed E-state index contributed by atoms with van der Waals surface area (Å²) < 4.78 is 38.7. The van der Waals surface area contributed by atoms with Crippen LogP contribution in [0.2, 0.25) is 0 Å². The number of halogens is 3. The number of alkyl halides is 3. The van der Waals surface area contributed by atoms with Gasteiger partial charge in [-0.25, -0.2) is 4.98 Å². The fourth-order valence-electron chi connectivity index (χ4n) is 3.78. The van der Waals surface area contributed by atoms with Crippen molar-refractivity contribution in [2.75, 3.05) is 23.3 Å². The molecule has 0 bridgehead atoms. The Hall–Kier alpha value is -3.09. The molecule has 1 fully saturated rings. The highest BCUT2D eigenvalue weighted by atomic mass is 19.4. The van der Waals surface area contributed by atoms with Crippen molar-refractivity contribution in [3.63, 3.8) is 0 Å². The molecule has 4 rings (SSSR count). The summed E-state index contributed by atoms with van der Waals surface area (Å²) in [6.45, 7) is 4.00. The quantitative estimate of drug-likeness (QED) is 0.590. The molecule has 2 aromatic carbocycles.